The molecule has 0 aromatic carbocycles. The fraction of sp³-hybridized carbons (Fsp3) is 0.824. The lowest BCUT2D eigenvalue weighted by molar-refractivity contribution is -0.139. The summed E-state index contributed by atoms with van der Waals surface area (Å²) in [6.07, 6.45) is 6.66. The molecule has 0 spiro atoms. The molecule has 7 heteroatoms. The molecule has 0 unspecified atom stereocenters. The van der Waals surface area contributed by atoms with Crippen molar-refractivity contribution < 1.29 is 19.1 Å². The molecule has 2 fully saturated rings. The number of fused-ring (bicyclic) bond motifs is 1. The second kappa shape index (κ2) is 8.89. The number of nitrogens with zero attached hydrogens (tertiary/aromatic N) is 2. The van der Waals surface area contributed by atoms with Crippen molar-refractivity contribution in [1.82, 2.24) is 15.1 Å². The molecule has 2 atom stereocenters. The topological polar surface area (TPSA) is 79.0 Å². The largest absolute Gasteiger partial charge is 0.468 e. The number of urea groups is 1. The van der Waals surface area contributed by atoms with E-state index in [-0.39, 0.29) is 30.4 Å². The maximum atomic E-state index is 12.7. The van der Waals surface area contributed by atoms with Crippen LogP contribution in [-0.2, 0) is 14.3 Å². The van der Waals surface area contributed by atoms with Crippen LogP contribution in [0, 0.1) is 5.92 Å². The van der Waals surface area contributed by atoms with Crippen LogP contribution < -0.4 is 5.32 Å². The molecule has 0 bridgehead atoms. The van der Waals surface area contributed by atoms with Crippen molar-refractivity contribution in [2.24, 2.45) is 5.92 Å². The number of hydrogen-bond donors (Lipinski definition) is 1. The number of amides is 3. The molecule has 1 N–H and O–H groups in total. The molecule has 1 saturated carbocycles. The van der Waals surface area contributed by atoms with Crippen LogP contribution in [0.3, 0.4) is 0 Å². The van der Waals surface area contributed by atoms with Gasteiger partial charge >= 0.3 is 12.0 Å². The Bertz CT molecular complexity index is 469. The number of carbonyl (C=O) groups excluding carboxylic acids is 3. The lowest BCUT2D eigenvalue weighted by Gasteiger charge is -2.33. The lowest BCUT2D eigenvalue weighted by atomic mass is 10.00. The monoisotopic (exact) mass is 339 g/mol. The summed E-state index contributed by atoms with van der Waals surface area (Å²) in [5, 5.41) is 2.63. The molecule has 1 aliphatic heterocycles. The van der Waals surface area contributed by atoms with Crippen LogP contribution in [0.25, 0.3) is 0 Å². The van der Waals surface area contributed by atoms with Crippen LogP contribution in [0.2, 0.25) is 0 Å². The molecule has 136 valence electrons. The fourth-order valence-corrected chi connectivity index (χ4v) is 3.72. The van der Waals surface area contributed by atoms with Gasteiger partial charge in [-0.25, -0.2) is 4.79 Å². The first-order valence-corrected chi connectivity index (χ1v) is 8.91. The SMILES string of the molecule is COC(=O)CNC(=O)N1CCCCCCN(C)C(=O)[C@@H]2CCC[C@@H]21. The first kappa shape index (κ1) is 18.5. The van der Waals surface area contributed by atoms with Gasteiger partial charge in [-0.1, -0.05) is 19.3 Å². The van der Waals surface area contributed by atoms with Crippen molar-refractivity contribution in [1.29, 1.82) is 0 Å². The van der Waals surface area contributed by atoms with Crippen LogP contribution in [0.4, 0.5) is 4.79 Å². The van der Waals surface area contributed by atoms with Crippen LogP contribution in [0.1, 0.15) is 44.9 Å². The summed E-state index contributed by atoms with van der Waals surface area (Å²) in [5.41, 5.74) is 0. The second-order valence-corrected chi connectivity index (χ2v) is 6.71. The van der Waals surface area contributed by atoms with E-state index in [2.05, 4.69) is 10.1 Å². The van der Waals surface area contributed by atoms with Crippen molar-refractivity contribution in [2.45, 2.75) is 51.0 Å². The van der Waals surface area contributed by atoms with Crippen LogP contribution in [0.15, 0.2) is 0 Å². The van der Waals surface area contributed by atoms with Crippen LogP contribution >= 0.6 is 0 Å². The number of methoxy groups -OCH3 is 1. The molecule has 1 saturated heterocycles. The van der Waals surface area contributed by atoms with E-state index in [0.717, 1.165) is 51.5 Å². The Labute approximate surface area is 143 Å². The molecule has 0 aromatic heterocycles. The van der Waals surface area contributed by atoms with E-state index in [0.29, 0.717) is 6.54 Å². The molecule has 24 heavy (non-hydrogen) atoms. The zero-order valence-corrected chi connectivity index (χ0v) is 14.8. The van der Waals surface area contributed by atoms with Crippen LogP contribution in [0.5, 0.6) is 0 Å². The summed E-state index contributed by atoms with van der Waals surface area (Å²) >= 11 is 0. The smallest absolute Gasteiger partial charge is 0.325 e. The number of esters is 1. The Morgan fingerprint density at radius 3 is 2.54 bits per heavy atom. The summed E-state index contributed by atoms with van der Waals surface area (Å²) in [6.45, 7) is 1.28. The first-order chi connectivity index (χ1) is 11.5. The third-order valence-electron chi connectivity index (χ3n) is 5.09. The molecule has 1 heterocycles. The van der Waals surface area contributed by atoms with Crippen molar-refractivity contribution in [2.75, 3.05) is 33.8 Å². The normalized spacial score (nSPS) is 25.7. The molecule has 0 aromatic rings. The third kappa shape index (κ3) is 4.61. The maximum absolute atomic E-state index is 12.7. The highest BCUT2D eigenvalue weighted by atomic mass is 16.5. The minimum Gasteiger partial charge on any atom is -0.468 e. The van der Waals surface area contributed by atoms with Crippen LogP contribution in [-0.4, -0.2) is 67.5 Å². The van der Waals surface area contributed by atoms with Gasteiger partial charge in [0, 0.05) is 26.2 Å². The molecule has 2 aliphatic rings. The maximum Gasteiger partial charge on any atom is 0.325 e. The predicted molar refractivity (Wildman–Crippen MR) is 89.4 cm³/mol. The Balaban J connectivity index is 2.11. The third-order valence-corrected chi connectivity index (χ3v) is 5.09. The Morgan fingerprint density at radius 1 is 1.12 bits per heavy atom. The summed E-state index contributed by atoms with van der Waals surface area (Å²) in [6, 6.07) is -0.345. The van der Waals surface area contributed by atoms with Crippen molar-refractivity contribution >= 4 is 17.9 Å². The van der Waals surface area contributed by atoms with Gasteiger partial charge in [0.1, 0.15) is 6.54 Å². The molecule has 7 nitrogen and oxygen atoms in total. The second-order valence-electron chi connectivity index (χ2n) is 6.71. The van der Waals surface area contributed by atoms with E-state index < -0.39 is 5.97 Å². The van der Waals surface area contributed by atoms with E-state index in [1.54, 1.807) is 4.90 Å². The summed E-state index contributed by atoms with van der Waals surface area (Å²) in [5.74, 6) is -0.456. The first-order valence-electron chi connectivity index (χ1n) is 8.91. The number of ether oxygens (including phenoxy) is 1. The van der Waals surface area contributed by atoms with Crippen molar-refractivity contribution in [3.05, 3.63) is 0 Å². The van der Waals surface area contributed by atoms with Gasteiger partial charge in [-0.15, -0.1) is 0 Å². The van der Waals surface area contributed by atoms with Gasteiger partial charge in [0.25, 0.3) is 0 Å². The fourth-order valence-electron chi connectivity index (χ4n) is 3.72. The molecular weight excluding hydrogens is 310 g/mol. The lowest BCUT2D eigenvalue weighted by Crippen LogP contribution is -2.51. The summed E-state index contributed by atoms with van der Waals surface area (Å²) in [4.78, 5) is 40.2. The minimum atomic E-state index is -0.472. The predicted octanol–water partition coefficient (Wildman–Crippen LogP) is 1.37. The van der Waals surface area contributed by atoms with Gasteiger partial charge in [-0.05, 0) is 25.7 Å². The van der Waals surface area contributed by atoms with E-state index in [4.69, 9.17) is 0 Å². The van der Waals surface area contributed by atoms with Gasteiger partial charge < -0.3 is 19.9 Å². The zero-order valence-electron chi connectivity index (χ0n) is 14.8. The highest BCUT2D eigenvalue weighted by Gasteiger charge is 2.40. The average Bonchev–Trinajstić information content (AvgIpc) is 3.05. The van der Waals surface area contributed by atoms with E-state index in [1.165, 1.54) is 7.11 Å². The quantitative estimate of drug-likeness (QED) is 0.771. The van der Waals surface area contributed by atoms with E-state index >= 15 is 0 Å². The molecule has 3 amide bonds. The van der Waals surface area contributed by atoms with Gasteiger partial charge in [0.15, 0.2) is 0 Å². The standard InChI is InChI=1S/C17H29N3O4/c1-19-10-5-3-4-6-11-20(17(23)18-12-15(21)24-2)14-9-7-8-13(14)16(19)22/h13-14H,3-12H2,1-2H3,(H,18,23)/t13-,14+/m1/s1. The Kier molecular flexibility index (Phi) is 6.87. The summed E-state index contributed by atoms with van der Waals surface area (Å²) in [7, 11) is 3.15. The number of rotatable bonds is 2. The molecular formula is C17H29N3O4. The minimum absolute atomic E-state index is 0.0734. The molecule has 0 radical (unpaired) electrons. The van der Waals surface area contributed by atoms with Gasteiger partial charge in [-0.3, -0.25) is 9.59 Å². The highest BCUT2D eigenvalue weighted by molar-refractivity contribution is 5.83. The summed E-state index contributed by atoms with van der Waals surface area (Å²) < 4.78 is 4.57. The average molecular weight is 339 g/mol. The Hall–Kier alpha value is -1.79. The molecule has 2 rings (SSSR count). The Morgan fingerprint density at radius 2 is 1.83 bits per heavy atom. The molecule has 1 aliphatic carbocycles. The highest BCUT2D eigenvalue weighted by Crippen LogP contribution is 2.32. The van der Waals surface area contributed by atoms with Crippen molar-refractivity contribution in [3.8, 4) is 0 Å². The zero-order chi connectivity index (χ0) is 17.5. The number of hydrogen-bond acceptors (Lipinski definition) is 4. The number of nitrogens with one attached hydrogen (secondary N) is 1. The van der Waals surface area contributed by atoms with Gasteiger partial charge in [0.2, 0.25) is 5.91 Å². The van der Waals surface area contributed by atoms with E-state index in [1.807, 2.05) is 11.9 Å². The van der Waals surface area contributed by atoms with Crippen molar-refractivity contribution in [3.63, 3.8) is 0 Å². The number of carbonyl (C=O) groups is 3. The van der Waals surface area contributed by atoms with E-state index in [9.17, 15) is 14.4 Å². The van der Waals surface area contributed by atoms with Gasteiger partial charge in [0.05, 0.1) is 13.0 Å². The van der Waals surface area contributed by atoms with Gasteiger partial charge in [-0.2, -0.15) is 0 Å².